The first-order valence-electron chi connectivity index (χ1n) is 6.62. The standard InChI is InChI=1S/C15H24FNO/c1-12(2)18-9-8-14(11-17-3)10-13-4-6-15(16)7-5-13/h4-7,12,14,17H,8-11H2,1-3H3. The van der Waals surface area contributed by atoms with Crippen molar-refractivity contribution in [3.63, 3.8) is 0 Å². The van der Waals surface area contributed by atoms with Gasteiger partial charge in [0.25, 0.3) is 0 Å². The van der Waals surface area contributed by atoms with Crippen molar-refractivity contribution in [2.24, 2.45) is 5.92 Å². The van der Waals surface area contributed by atoms with Crippen LogP contribution in [-0.2, 0) is 11.2 Å². The van der Waals surface area contributed by atoms with Crippen LogP contribution in [0.4, 0.5) is 4.39 Å². The molecule has 0 aromatic heterocycles. The molecule has 3 heteroatoms. The van der Waals surface area contributed by atoms with Gasteiger partial charge in [0.15, 0.2) is 0 Å². The third-order valence-corrected chi connectivity index (χ3v) is 2.91. The Bertz CT molecular complexity index is 324. The Morgan fingerprint density at radius 1 is 1.22 bits per heavy atom. The van der Waals surface area contributed by atoms with Crippen LogP contribution in [0.25, 0.3) is 0 Å². The minimum atomic E-state index is -0.174. The van der Waals surface area contributed by atoms with E-state index in [4.69, 9.17) is 4.74 Å². The Morgan fingerprint density at radius 2 is 1.89 bits per heavy atom. The zero-order valence-corrected chi connectivity index (χ0v) is 11.6. The molecular formula is C15H24FNO. The summed E-state index contributed by atoms with van der Waals surface area (Å²) < 4.78 is 18.4. The molecule has 0 spiro atoms. The molecule has 1 N–H and O–H groups in total. The molecule has 0 bridgehead atoms. The van der Waals surface area contributed by atoms with Crippen LogP contribution in [0.1, 0.15) is 25.8 Å². The topological polar surface area (TPSA) is 21.3 Å². The minimum absolute atomic E-state index is 0.174. The molecule has 0 heterocycles. The predicted molar refractivity (Wildman–Crippen MR) is 73.2 cm³/mol. The van der Waals surface area contributed by atoms with Crippen molar-refractivity contribution in [1.82, 2.24) is 5.32 Å². The van der Waals surface area contributed by atoms with Gasteiger partial charge in [-0.2, -0.15) is 0 Å². The fraction of sp³-hybridized carbons (Fsp3) is 0.600. The van der Waals surface area contributed by atoms with E-state index in [0.29, 0.717) is 5.92 Å². The van der Waals surface area contributed by atoms with E-state index < -0.39 is 0 Å². The SMILES string of the molecule is CNCC(CCOC(C)C)Cc1ccc(F)cc1. The van der Waals surface area contributed by atoms with Crippen LogP contribution < -0.4 is 5.32 Å². The molecule has 2 nitrogen and oxygen atoms in total. The molecule has 0 fully saturated rings. The van der Waals surface area contributed by atoms with E-state index in [1.54, 1.807) is 0 Å². The van der Waals surface area contributed by atoms with Gasteiger partial charge in [0.2, 0.25) is 0 Å². The third kappa shape index (κ3) is 6.12. The van der Waals surface area contributed by atoms with Crippen LogP contribution in [0.5, 0.6) is 0 Å². The molecule has 0 saturated heterocycles. The lowest BCUT2D eigenvalue weighted by molar-refractivity contribution is 0.0684. The fourth-order valence-electron chi connectivity index (χ4n) is 1.99. The number of hydrogen-bond donors (Lipinski definition) is 1. The second kappa shape index (κ2) is 8.22. The molecule has 1 unspecified atom stereocenters. The Hall–Kier alpha value is -0.930. The number of benzene rings is 1. The molecule has 0 aliphatic rings. The van der Waals surface area contributed by atoms with Gasteiger partial charge >= 0.3 is 0 Å². The van der Waals surface area contributed by atoms with Gasteiger partial charge in [0.05, 0.1) is 6.10 Å². The first-order valence-corrected chi connectivity index (χ1v) is 6.62. The van der Waals surface area contributed by atoms with Gasteiger partial charge in [-0.1, -0.05) is 12.1 Å². The monoisotopic (exact) mass is 253 g/mol. The summed E-state index contributed by atoms with van der Waals surface area (Å²) in [7, 11) is 1.96. The van der Waals surface area contributed by atoms with Crippen LogP contribution in [-0.4, -0.2) is 26.3 Å². The molecule has 1 rings (SSSR count). The molecule has 0 radical (unpaired) electrons. The summed E-state index contributed by atoms with van der Waals surface area (Å²) in [4.78, 5) is 0. The molecule has 0 amide bonds. The summed E-state index contributed by atoms with van der Waals surface area (Å²) in [5, 5.41) is 3.21. The van der Waals surface area contributed by atoms with E-state index in [2.05, 4.69) is 5.32 Å². The number of hydrogen-bond acceptors (Lipinski definition) is 2. The fourth-order valence-corrected chi connectivity index (χ4v) is 1.99. The zero-order valence-electron chi connectivity index (χ0n) is 11.6. The lowest BCUT2D eigenvalue weighted by Gasteiger charge is -2.17. The van der Waals surface area contributed by atoms with Gasteiger partial charge < -0.3 is 10.1 Å². The van der Waals surface area contributed by atoms with Gasteiger partial charge in [0.1, 0.15) is 5.82 Å². The third-order valence-electron chi connectivity index (χ3n) is 2.91. The second-order valence-electron chi connectivity index (χ2n) is 4.96. The predicted octanol–water partition coefficient (Wildman–Crippen LogP) is 3.02. The van der Waals surface area contributed by atoms with Crippen molar-refractivity contribution in [3.8, 4) is 0 Å². The summed E-state index contributed by atoms with van der Waals surface area (Å²) in [5.41, 5.74) is 1.18. The second-order valence-corrected chi connectivity index (χ2v) is 4.96. The van der Waals surface area contributed by atoms with E-state index >= 15 is 0 Å². The number of nitrogens with one attached hydrogen (secondary N) is 1. The molecule has 0 aliphatic heterocycles. The maximum Gasteiger partial charge on any atom is 0.123 e. The lowest BCUT2D eigenvalue weighted by Crippen LogP contribution is -2.22. The van der Waals surface area contributed by atoms with Crippen LogP contribution in [0.2, 0.25) is 0 Å². The number of halogens is 1. The van der Waals surface area contributed by atoms with Crippen LogP contribution in [0, 0.1) is 11.7 Å². The van der Waals surface area contributed by atoms with Crippen molar-refractivity contribution in [3.05, 3.63) is 35.6 Å². The minimum Gasteiger partial charge on any atom is -0.379 e. The van der Waals surface area contributed by atoms with Crippen molar-refractivity contribution in [2.45, 2.75) is 32.8 Å². The van der Waals surface area contributed by atoms with Gasteiger partial charge in [-0.15, -0.1) is 0 Å². The van der Waals surface area contributed by atoms with Crippen LogP contribution in [0.3, 0.4) is 0 Å². The molecule has 0 aliphatic carbocycles. The summed E-state index contributed by atoms with van der Waals surface area (Å²) >= 11 is 0. The molecular weight excluding hydrogens is 229 g/mol. The van der Waals surface area contributed by atoms with Gasteiger partial charge in [-0.3, -0.25) is 0 Å². The zero-order chi connectivity index (χ0) is 13.4. The van der Waals surface area contributed by atoms with E-state index in [-0.39, 0.29) is 11.9 Å². The van der Waals surface area contributed by atoms with E-state index in [1.807, 2.05) is 33.0 Å². The first-order chi connectivity index (χ1) is 8.61. The van der Waals surface area contributed by atoms with Crippen LogP contribution >= 0.6 is 0 Å². The summed E-state index contributed by atoms with van der Waals surface area (Å²) in [6.45, 7) is 5.84. The van der Waals surface area contributed by atoms with Crippen LogP contribution in [0.15, 0.2) is 24.3 Å². The van der Waals surface area contributed by atoms with Crippen molar-refractivity contribution in [2.75, 3.05) is 20.2 Å². The molecule has 1 atom stereocenters. The summed E-state index contributed by atoms with van der Waals surface area (Å²) in [6, 6.07) is 6.77. The van der Waals surface area contributed by atoms with Crippen molar-refractivity contribution in [1.29, 1.82) is 0 Å². The van der Waals surface area contributed by atoms with Gasteiger partial charge in [0, 0.05) is 6.61 Å². The quantitative estimate of drug-likeness (QED) is 0.769. The maximum absolute atomic E-state index is 12.8. The number of ether oxygens (including phenoxy) is 1. The van der Waals surface area contributed by atoms with Crippen molar-refractivity contribution < 1.29 is 9.13 Å². The molecule has 1 aromatic carbocycles. The van der Waals surface area contributed by atoms with E-state index in [1.165, 1.54) is 17.7 Å². The van der Waals surface area contributed by atoms with E-state index in [9.17, 15) is 4.39 Å². The number of rotatable bonds is 8. The average molecular weight is 253 g/mol. The Kier molecular flexibility index (Phi) is 6.91. The highest BCUT2D eigenvalue weighted by molar-refractivity contribution is 5.16. The summed E-state index contributed by atoms with van der Waals surface area (Å²) in [6.07, 6.45) is 2.27. The van der Waals surface area contributed by atoms with Crippen molar-refractivity contribution >= 4 is 0 Å². The Labute approximate surface area is 110 Å². The van der Waals surface area contributed by atoms with Gasteiger partial charge in [-0.05, 0) is 63.9 Å². The largest absolute Gasteiger partial charge is 0.379 e. The molecule has 0 saturated carbocycles. The normalized spacial score (nSPS) is 12.9. The summed E-state index contributed by atoms with van der Waals surface area (Å²) in [5.74, 6) is 0.353. The van der Waals surface area contributed by atoms with E-state index in [0.717, 1.165) is 26.0 Å². The maximum atomic E-state index is 12.8. The Balaban J connectivity index is 2.43. The first kappa shape index (κ1) is 15.1. The lowest BCUT2D eigenvalue weighted by atomic mass is 9.96. The average Bonchev–Trinajstić information content (AvgIpc) is 2.32. The highest BCUT2D eigenvalue weighted by atomic mass is 19.1. The Morgan fingerprint density at radius 3 is 2.44 bits per heavy atom. The smallest absolute Gasteiger partial charge is 0.123 e. The molecule has 18 heavy (non-hydrogen) atoms. The molecule has 1 aromatic rings. The van der Waals surface area contributed by atoms with Gasteiger partial charge in [-0.25, -0.2) is 4.39 Å². The highest BCUT2D eigenvalue weighted by Crippen LogP contribution is 2.13. The molecule has 102 valence electrons. The highest BCUT2D eigenvalue weighted by Gasteiger charge is 2.09.